The normalized spacial score (nSPS) is 41.6. The molecule has 2 saturated carbocycles. The average Bonchev–Trinajstić information content (AvgIpc) is 2.87. The van der Waals surface area contributed by atoms with E-state index in [4.69, 9.17) is 0 Å². The van der Waals surface area contributed by atoms with E-state index in [0.717, 1.165) is 11.8 Å². The van der Waals surface area contributed by atoms with Gasteiger partial charge in [-0.25, -0.2) is 0 Å². The molecule has 0 amide bonds. The molecule has 2 unspecified atom stereocenters. The van der Waals surface area contributed by atoms with Crippen LogP contribution in [-0.4, -0.2) is 6.29 Å². The van der Waals surface area contributed by atoms with E-state index in [9.17, 15) is 4.79 Å². The second kappa shape index (κ2) is 2.86. The number of rotatable bonds is 3. The van der Waals surface area contributed by atoms with Gasteiger partial charge in [0.05, 0.1) is 0 Å². The Balaban J connectivity index is 2.04. The molecular weight excluding hydrogens is 148 g/mol. The van der Waals surface area contributed by atoms with E-state index in [1.807, 2.05) is 0 Å². The summed E-state index contributed by atoms with van der Waals surface area (Å²) < 4.78 is 0. The van der Waals surface area contributed by atoms with Crippen molar-refractivity contribution < 1.29 is 4.79 Å². The summed E-state index contributed by atoms with van der Waals surface area (Å²) in [4.78, 5) is 11.1. The highest BCUT2D eigenvalue weighted by Crippen LogP contribution is 2.55. The second-order valence-corrected chi connectivity index (χ2v) is 4.64. The van der Waals surface area contributed by atoms with Gasteiger partial charge in [-0.05, 0) is 43.9 Å². The van der Waals surface area contributed by atoms with Crippen molar-refractivity contribution in [2.24, 2.45) is 17.3 Å². The highest BCUT2D eigenvalue weighted by Gasteiger charge is 2.48. The molecule has 2 aliphatic rings. The summed E-state index contributed by atoms with van der Waals surface area (Å²) >= 11 is 0. The van der Waals surface area contributed by atoms with Gasteiger partial charge < -0.3 is 4.79 Å². The maximum atomic E-state index is 11.1. The monoisotopic (exact) mass is 166 g/mol. The minimum absolute atomic E-state index is 0.140. The van der Waals surface area contributed by atoms with E-state index in [2.05, 4.69) is 6.92 Å². The topological polar surface area (TPSA) is 17.1 Å². The lowest BCUT2D eigenvalue weighted by atomic mass is 9.81. The molecule has 12 heavy (non-hydrogen) atoms. The van der Waals surface area contributed by atoms with Gasteiger partial charge in [0, 0.05) is 5.41 Å². The van der Waals surface area contributed by atoms with E-state index in [0.29, 0.717) is 0 Å². The second-order valence-electron chi connectivity index (χ2n) is 4.64. The number of carbonyl (C=O) groups is 1. The maximum Gasteiger partial charge on any atom is 0.126 e. The zero-order valence-electron chi connectivity index (χ0n) is 7.88. The zero-order valence-corrected chi connectivity index (χ0v) is 7.88. The van der Waals surface area contributed by atoms with Crippen molar-refractivity contribution in [1.82, 2.24) is 0 Å². The first kappa shape index (κ1) is 8.28. The molecule has 0 aromatic heterocycles. The zero-order chi connectivity index (χ0) is 8.60. The van der Waals surface area contributed by atoms with Crippen LogP contribution in [0.2, 0.25) is 0 Å². The largest absolute Gasteiger partial charge is 0.303 e. The van der Waals surface area contributed by atoms with Gasteiger partial charge in [-0.3, -0.25) is 0 Å². The predicted octanol–water partition coefficient (Wildman–Crippen LogP) is 2.79. The Kier molecular flexibility index (Phi) is 1.97. The summed E-state index contributed by atoms with van der Waals surface area (Å²) in [6.45, 7) is 2.25. The maximum absolute atomic E-state index is 11.1. The highest BCUT2D eigenvalue weighted by atomic mass is 16.1. The van der Waals surface area contributed by atoms with Gasteiger partial charge in [0.1, 0.15) is 6.29 Å². The summed E-state index contributed by atoms with van der Waals surface area (Å²) in [5, 5.41) is 0. The molecule has 68 valence electrons. The molecule has 2 fully saturated rings. The SMILES string of the molecule is CCC1CCC(C=O)(C2CC2)C1. The molecule has 0 aliphatic heterocycles. The van der Waals surface area contributed by atoms with Crippen molar-refractivity contribution in [3.05, 3.63) is 0 Å². The fourth-order valence-corrected chi connectivity index (χ4v) is 2.80. The van der Waals surface area contributed by atoms with E-state index < -0.39 is 0 Å². The van der Waals surface area contributed by atoms with Gasteiger partial charge >= 0.3 is 0 Å². The lowest BCUT2D eigenvalue weighted by Gasteiger charge is -2.21. The first-order chi connectivity index (χ1) is 5.80. The Hall–Kier alpha value is -0.330. The van der Waals surface area contributed by atoms with Crippen LogP contribution in [0.5, 0.6) is 0 Å². The summed E-state index contributed by atoms with van der Waals surface area (Å²) in [5.74, 6) is 1.61. The fraction of sp³-hybridized carbons (Fsp3) is 0.909. The van der Waals surface area contributed by atoms with Crippen molar-refractivity contribution in [3.8, 4) is 0 Å². The van der Waals surface area contributed by atoms with Gasteiger partial charge in [0.25, 0.3) is 0 Å². The van der Waals surface area contributed by atoms with E-state index in [1.165, 1.54) is 44.8 Å². The van der Waals surface area contributed by atoms with Gasteiger partial charge in [-0.2, -0.15) is 0 Å². The third-order valence-electron chi connectivity index (χ3n) is 3.89. The van der Waals surface area contributed by atoms with Crippen LogP contribution in [0.15, 0.2) is 0 Å². The fourth-order valence-electron chi connectivity index (χ4n) is 2.80. The van der Waals surface area contributed by atoms with E-state index in [1.54, 1.807) is 0 Å². The van der Waals surface area contributed by atoms with Crippen LogP contribution in [0.1, 0.15) is 45.4 Å². The summed E-state index contributed by atoms with van der Waals surface area (Å²) in [6, 6.07) is 0. The predicted molar refractivity (Wildman–Crippen MR) is 48.9 cm³/mol. The Morgan fingerprint density at radius 2 is 2.17 bits per heavy atom. The molecule has 2 rings (SSSR count). The van der Waals surface area contributed by atoms with Crippen LogP contribution in [0, 0.1) is 17.3 Å². The van der Waals surface area contributed by atoms with Crippen molar-refractivity contribution in [1.29, 1.82) is 0 Å². The van der Waals surface area contributed by atoms with Crippen LogP contribution in [0.4, 0.5) is 0 Å². The molecule has 0 aromatic rings. The summed E-state index contributed by atoms with van der Waals surface area (Å²) in [6.07, 6.45) is 8.84. The van der Waals surface area contributed by atoms with Crippen LogP contribution in [0.25, 0.3) is 0 Å². The molecule has 0 radical (unpaired) electrons. The highest BCUT2D eigenvalue weighted by molar-refractivity contribution is 5.61. The molecule has 1 heteroatoms. The third kappa shape index (κ3) is 1.19. The third-order valence-corrected chi connectivity index (χ3v) is 3.89. The van der Waals surface area contributed by atoms with Gasteiger partial charge in [0.2, 0.25) is 0 Å². The van der Waals surface area contributed by atoms with Crippen molar-refractivity contribution >= 4 is 6.29 Å². The Morgan fingerprint density at radius 3 is 2.58 bits per heavy atom. The molecule has 0 heterocycles. The summed E-state index contributed by atoms with van der Waals surface area (Å²) in [5.41, 5.74) is 0.140. The molecule has 1 nitrogen and oxygen atoms in total. The van der Waals surface area contributed by atoms with Gasteiger partial charge in [0.15, 0.2) is 0 Å². The van der Waals surface area contributed by atoms with Gasteiger partial charge in [-0.15, -0.1) is 0 Å². The lowest BCUT2D eigenvalue weighted by Crippen LogP contribution is -2.21. The van der Waals surface area contributed by atoms with Crippen molar-refractivity contribution in [3.63, 3.8) is 0 Å². The molecule has 0 N–H and O–H groups in total. The number of hydrogen-bond donors (Lipinski definition) is 0. The molecule has 0 bridgehead atoms. The van der Waals surface area contributed by atoms with Crippen molar-refractivity contribution in [2.45, 2.75) is 45.4 Å². The van der Waals surface area contributed by atoms with Crippen LogP contribution in [-0.2, 0) is 4.79 Å². The molecule has 2 atom stereocenters. The molecule has 0 spiro atoms. The number of carbonyl (C=O) groups excluding carboxylic acids is 1. The first-order valence-electron chi connectivity index (χ1n) is 5.27. The van der Waals surface area contributed by atoms with Crippen LogP contribution in [0.3, 0.4) is 0 Å². The van der Waals surface area contributed by atoms with E-state index >= 15 is 0 Å². The Bertz CT molecular complexity index is 183. The van der Waals surface area contributed by atoms with Crippen molar-refractivity contribution in [2.75, 3.05) is 0 Å². The first-order valence-corrected chi connectivity index (χ1v) is 5.27. The average molecular weight is 166 g/mol. The minimum Gasteiger partial charge on any atom is -0.303 e. The molecular formula is C11H18O. The van der Waals surface area contributed by atoms with Crippen LogP contribution < -0.4 is 0 Å². The van der Waals surface area contributed by atoms with Crippen LogP contribution >= 0.6 is 0 Å². The quantitative estimate of drug-likeness (QED) is 0.589. The van der Waals surface area contributed by atoms with E-state index in [-0.39, 0.29) is 5.41 Å². The number of aldehydes is 1. The lowest BCUT2D eigenvalue weighted by molar-refractivity contribution is -0.117. The molecule has 0 aromatic carbocycles. The molecule has 2 aliphatic carbocycles. The standard InChI is InChI=1S/C11H18O/c1-2-9-5-6-11(7-9,8-12)10-3-4-10/h8-10H,2-7H2,1H3. The Labute approximate surface area is 74.5 Å². The van der Waals surface area contributed by atoms with Gasteiger partial charge in [-0.1, -0.05) is 13.3 Å². The molecule has 0 saturated heterocycles. The smallest absolute Gasteiger partial charge is 0.126 e. The summed E-state index contributed by atoms with van der Waals surface area (Å²) in [7, 11) is 0. The number of hydrogen-bond acceptors (Lipinski definition) is 1. The Morgan fingerprint density at radius 1 is 1.42 bits per heavy atom. The minimum atomic E-state index is 0.140.